The maximum atomic E-state index is 11.7. The van der Waals surface area contributed by atoms with Crippen LogP contribution in [0, 0.1) is 6.92 Å². The van der Waals surface area contributed by atoms with Crippen molar-refractivity contribution >= 4 is 40.3 Å². The number of rotatable bonds is 16. The third kappa shape index (κ3) is 10.9. The molecular weight excluding hydrogens is 471 g/mol. The number of hydrogen-bond donors (Lipinski definition) is 0. The Morgan fingerprint density at radius 1 is 0.794 bits per heavy atom. The molecule has 0 fully saturated rings. The van der Waals surface area contributed by atoms with Gasteiger partial charge in [0.05, 0.1) is 0 Å². The number of nitrogens with zero attached hydrogens (tertiary/aromatic N) is 4. The van der Waals surface area contributed by atoms with Crippen molar-refractivity contribution in [3.63, 3.8) is 0 Å². The number of carbonyl (C=O) groups is 1. The fourth-order valence-corrected chi connectivity index (χ4v) is 4.70. The van der Waals surface area contributed by atoms with Gasteiger partial charge in [0, 0.05) is 13.0 Å². The highest BCUT2D eigenvalue weighted by Gasteiger charge is 2.16. The van der Waals surface area contributed by atoms with Crippen LogP contribution in [-0.2, 0) is 16.1 Å². The number of esters is 1. The topological polar surface area (TPSA) is 69.9 Å². The van der Waals surface area contributed by atoms with E-state index in [2.05, 4.69) is 19.5 Å². The van der Waals surface area contributed by atoms with E-state index in [1.807, 2.05) is 27.7 Å². The second-order valence-corrected chi connectivity index (χ2v) is 10.9. The first kappa shape index (κ1) is 28.8. The molecule has 8 heteroatoms. The molecule has 6 nitrogen and oxygen atoms in total. The van der Waals surface area contributed by atoms with E-state index < -0.39 is 0 Å². The van der Waals surface area contributed by atoms with Crippen LogP contribution < -0.4 is 0 Å². The molecule has 0 aliphatic rings. The SMILES string of the molecule is Cc1nc2nc(Cl)nc(Cl)c2n1CCCCCCCCCCCCCCCC(=O)OC(C)(C)C. The number of aryl methyl sites for hydroxylation is 2. The monoisotopic (exact) mass is 512 g/mol. The van der Waals surface area contributed by atoms with Crippen molar-refractivity contribution in [2.24, 2.45) is 0 Å². The highest BCUT2D eigenvalue weighted by Crippen LogP contribution is 2.24. The number of imidazole rings is 1. The van der Waals surface area contributed by atoms with Gasteiger partial charge in [0.1, 0.15) is 16.9 Å². The van der Waals surface area contributed by atoms with E-state index in [1.165, 1.54) is 64.2 Å². The van der Waals surface area contributed by atoms with Gasteiger partial charge in [-0.1, -0.05) is 82.2 Å². The van der Waals surface area contributed by atoms with Gasteiger partial charge in [-0.15, -0.1) is 0 Å². The van der Waals surface area contributed by atoms with E-state index in [4.69, 9.17) is 27.9 Å². The second-order valence-electron chi connectivity index (χ2n) is 10.2. The molecule has 0 saturated heterocycles. The van der Waals surface area contributed by atoms with E-state index >= 15 is 0 Å². The zero-order valence-corrected chi connectivity index (χ0v) is 23.0. The molecule has 0 aromatic carbocycles. The van der Waals surface area contributed by atoms with Gasteiger partial charge < -0.3 is 9.30 Å². The summed E-state index contributed by atoms with van der Waals surface area (Å²) in [7, 11) is 0. The Bertz CT molecular complexity index is 893. The molecule has 0 bridgehead atoms. The second kappa shape index (κ2) is 14.9. The van der Waals surface area contributed by atoms with E-state index in [0.29, 0.717) is 17.2 Å². The summed E-state index contributed by atoms with van der Waals surface area (Å²) < 4.78 is 7.44. The molecule has 0 aliphatic carbocycles. The van der Waals surface area contributed by atoms with Gasteiger partial charge in [-0.2, -0.15) is 4.98 Å². The van der Waals surface area contributed by atoms with Crippen molar-refractivity contribution in [1.82, 2.24) is 19.5 Å². The van der Waals surface area contributed by atoms with E-state index in [9.17, 15) is 4.79 Å². The molecule has 0 saturated carbocycles. The number of unbranched alkanes of at least 4 members (excludes halogenated alkanes) is 12. The molecule has 0 amide bonds. The summed E-state index contributed by atoms with van der Waals surface area (Å²) in [4.78, 5) is 24.4. The van der Waals surface area contributed by atoms with E-state index in [-0.39, 0.29) is 16.9 Å². The summed E-state index contributed by atoms with van der Waals surface area (Å²) in [5.41, 5.74) is 0.988. The number of halogens is 2. The first-order valence-electron chi connectivity index (χ1n) is 12.9. The lowest BCUT2D eigenvalue weighted by Gasteiger charge is -2.19. The van der Waals surface area contributed by atoms with Crippen LogP contribution in [0.15, 0.2) is 0 Å². The molecule has 192 valence electrons. The van der Waals surface area contributed by atoms with Gasteiger partial charge in [0.15, 0.2) is 10.8 Å². The first-order chi connectivity index (χ1) is 16.2. The molecule has 2 aromatic rings. The molecule has 34 heavy (non-hydrogen) atoms. The number of hydrogen-bond acceptors (Lipinski definition) is 5. The highest BCUT2D eigenvalue weighted by molar-refractivity contribution is 6.35. The molecule has 0 atom stereocenters. The molecule has 0 aliphatic heterocycles. The molecule has 2 rings (SSSR count). The Morgan fingerprint density at radius 2 is 1.29 bits per heavy atom. The van der Waals surface area contributed by atoms with E-state index in [0.717, 1.165) is 37.1 Å². The molecular formula is C26H42Cl2N4O2. The smallest absolute Gasteiger partial charge is 0.306 e. The third-order valence-corrected chi connectivity index (χ3v) is 6.34. The largest absolute Gasteiger partial charge is 0.460 e. The maximum absolute atomic E-state index is 11.7. The lowest BCUT2D eigenvalue weighted by atomic mass is 10.0. The van der Waals surface area contributed by atoms with Crippen LogP contribution in [0.3, 0.4) is 0 Å². The van der Waals surface area contributed by atoms with Crippen molar-refractivity contribution in [2.75, 3.05) is 0 Å². The number of fused-ring (bicyclic) bond motifs is 1. The first-order valence-corrected chi connectivity index (χ1v) is 13.7. The quantitative estimate of drug-likeness (QED) is 0.0978. The summed E-state index contributed by atoms with van der Waals surface area (Å²) in [5.74, 6) is 0.832. The van der Waals surface area contributed by atoms with Crippen LogP contribution in [0.1, 0.15) is 116 Å². The average Bonchev–Trinajstić information content (AvgIpc) is 3.04. The zero-order chi connectivity index (χ0) is 25.0. The fraction of sp³-hybridized carbons (Fsp3) is 0.769. The summed E-state index contributed by atoms with van der Waals surface area (Å²) in [5, 5.41) is 0.508. The van der Waals surface area contributed by atoms with E-state index in [1.54, 1.807) is 0 Å². The van der Waals surface area contributed by atoms with Crippen molar-refractivity contribution in [3.05, 3.63) is 16.3 Å². The number of carbonyl (C=O) groups excluding carboxylic acids is 1. The van der Waals surface area contributed by atoms with Crippen LogP contribution >= 0.6 is 23.2 Å². The molecule has 0 unspecified atom stereocenters. The third-order valence-electron chi connectivity index (χ3n) is 5.91. The predicted molar refractivity (Wildman–Crippen MR) is 141 cm³/mol. The standard InChI is InChI=1S/C26H42Cl2N4O2/c1-20-29-24-22(23(27)30-25(28)31-24)32(20)19-17-15-13-11-9-7-5-6-8-10-12-14-16-18-21(33)34-26(2,3)4/h5-19H2,1-4H3. The molecule has 2 heterocycles. The highest BCUT2D eigenvalue weighted by atomic mass is 35.5. The number of ether oxygens (including phenoxy) is 1. The van der Waals surface area contributed by atoms with Crippen LogP contribution in [0.5, 0.6) is 0 Å². The Balaban J connectivity index is 1.42. The lowest BCUT2D eigenvalue weighted by Crippen LogP contribution is -2.23. The predicted octanol–water partition coefficient (Wildman–Crippen LogP) is 8.24. The summed E-state index contributed by atoms with van der Waals surface area (Å²) in [6.45, 7) is 8.60. The van der Waals surface area contributed by atoms with Crippen molar-refractivity contribution in [3.8, 4) is 0 Å². The van der Waals surface area contributed by atoms with Gasteiger partial charge in [0.2, 0.25) is 5.28 Å². The van der Waals surface area contributed by atoms with Crippen LogP contribution in [0.25, 0.3) is 11.2 Å². The van der Waals surface area contributed by atoms with Gasteiger partial charge in [-0.25, -0.2) is 9.97 Å². The Hall–Kier alpha value is -1.40. The molecule has 2 aromatic heterocycles. The van der Waals surface area contributed by atoms with Gasteiger partial charge in [0.25, 0.3) is 0 Å². The Morgan fingerprint density at radius 3 is 1.82 bits per heavy atom. The molecule has 0 spiro atoms. The van der Waals surface area contributed by atoms with Crippen LogP contribution in [0.4, 0.5) is 0 Å². The minimum Gasteiger partial charge on any atom is -0.460 e. The maximum Gasteiger partial charge on any atom is 0.306 e. The lowest BCUT2D eigenvalue weighted by molar-refractivity contribution is -0.154. The normalized spacial score (nSPS) is 11.9. The minimum absolute atomic E-state index is 0.0674. The average molecular weight is 514 g/mol. The van der Waals surface area contributed by atoms with Gasteiger partial charge in [-0.05, 0) is 52.1 Å². The number of aromatic nitrogens is 4. The Kier molecular flexibility index (Phi) is 12.6. The fourth-order valence-electron chi connectivity index (χ4n) is 4.23. The molecule has 0 N–H and O–H groups in total. The molecule has 0 radical (unpaired) electrons. The summed E-state index contributed by atoms with van der Waals surface area (Å²) in [6.07, 6.45) is 16.6. The van der Waals surface area contributed by atoms with Gasteiger partial charge in [-0.3, -0.25) is 4.79 Å². The summed E-state index contributed by atoms with van der Waals surface area (Å²) in [6, 6.07) is 0. The van der Waals surface area contributed by atoms with Crippen molar-refractivity contribution in [2.45, 2.75) is 130 Å². The van der Waals surface area contributed by atoms with Crippen molar-refractivity contribution in [1.29, 1.82) is 0 Å². The van der Waals surface area contributed by atoms with Crippen LogP contribution in [0.2, 0.25) is 10.4 Å². The van der Waals surface area contributed by atoms with Crippen molar-refractivity contribution < 1.29 is 9.53 Å². The zero-order valence-electron chi connectivity index (χ0n) is 21.5. The minimum atomic E-state index is -0.369. The summed E-state index contributed by atoms with van der Waals surface area (Å²) >= 11 is 12.1. The van der Waals surface area contributed by atoms with Gasteiger partial charge >= 0.3 is 5.97 Å². The van der Waals surface area contributed by atoms with Crippen LogP contribution in [-0.4, -0.2) is 31.1 Å². The Labute approximate surface area is 215 Å².